The highest BCUT2D eigenvalue weighted by Gasteiger charge is 2.36. The standard InChI is InChI=1S/C14H18N2O3/c1-2-10-8-12(10)16-14(19)15-11-5-3-9(4-6-11)7-13(17)18/h3-6,10,12H,2,7-8H2,1H3,(H,17,18)(H2,15,16,19). The average Bonchev–Trinajstić information content (AvgIpc) is 3.09. The van der Waals surface area contributed by atoms with Crippen molar-refractivity contribution in [2.45, 2.75) is 32.2 Å². The van der Waals surface area contributed by atoms with Gasteiger partial charge in [0.1, 0.15) is 0 Å². The number of benzene rings is 1. The third-order valence-electron chi connectivity index (χ3n) is 3.33. The van der Waals surface area contributed by atoms with Gasteiger partial charge in [-0.25, -0.2) is 4.79 Å². The van der Waals surface area contributed by atoms with Crippen molar-refractivity contribution >= 4 is 17.7 Å². The Kier molecular flexibility index (Phi) is 4.04. The summed E-state index contributed by atoms with van der Waals surface area (Å²) in [6.07, 6.45) is 2.14. The normalized spacial score (nSPS) is 20.7. The van der Waals surface area contributed by atoms with Crippen molar-refractivity contribution in [3.05, 3.63) is 29.8 Å². The van der Waals surface area contributed by atoms with Crippen LogP contribution in [-0.4, -0.2) is 23.1 Å². The van der Waals surface area contributed by atoms with Gasteiger partial charge >= 0.3 is 12.0 Å². The fourth-order valence-electron chi connectivity index (χ4n) is 2.09. The van der Waals surface area contributed by atoms with Gasteiger partial charge in [0.25, 0.3) is 0 Å². The smallest absolute Gasteiger partial charge is 0.319 e. The van der Waals surface area contributed by atoms with E-state index in [2.05, 4.69) is 17.6 Å². The molecule has 3 N–H and O–H groups in total. The highest BCUT2D eigenvalue weighted by Crippen LogP contribution is 2.33. The summed E-state index contributed by atoms with van der Waals surface area (Å²) in [5.74, 6) is -0.249. The molecule has 0 bridgehead atoms. The number of anilines is 1. The number of nitrogens with one attached hydrogen (secondary N) is 2. The van der Waals surface area contributed by atoms with Gasteiger partial charge in [-0.1, -0.05) is 25.5 Å². The molecule has 2 unspecified atom stereocenters. The Hall–Kier alpha value is -2.04. The SMILES string of the molecule is CCC1CC1NC(=O)Nc1ccc(CC(=O)O)cc1. The molecule has 1 fully saturated rings. The minimum atomic E-state index is -0.863. The van der Waals surface area contributed by atoms with Crippen LogP contribution in [-0.2, 0) is 11.2 Å². The Balaban J connectivity index is 1.82. The first-order chi connectivity index (χ1) is 9.08. The summed E-state index contributed by atoms with van der Waals surface area (Å²) in [5.41, 5.74) is 1.38. The van der Waals surface area contributed by atoms with Crippen LogP contribution < -0.4 is 10.6 Å². The van der Waals surface area contributed by atoms with E-state index in [0.717, 1.165) is 12.8 Å². The third-order valence-corrected chi connectivity index (χ3v) is 3.33. The highest BCUT2D eigenvalue weighted by molar-refractivity contribution is 5.89. The summed E-state index contributed by atoms with van der Waals surface area (Å²) in [7, 11) is 0. The molecule has 0 radical (unpaired) electrons. The number of hydrogen-bond donors (Lipinski definition) is 3. The molecule has 0 heterocycles. The lowest BCUT2D eigenvalue weighted by molar-refractivity contribution is -0.136. The van der Waals surface area contributed by atoms with E-state index in [4.69, 9.17) is 5.11 Å². The van der Waals surface area contributed by atoms with E-state index in [1.165, 1.54) is 0 Å². The van der Waals surface area contributed by atoms with Crippen LogP contribution in [0.4, 0.5) is 10.5 Å². The summed E-state index contributed by atoms with van der Waals surface area (Å²) in [6.45, 7) is 2.12. The van der Waals surface area contributed by atoms with Crippen molar-refractivity contribution in [1.82, 2.24) is 5.32 Å². The van der Waals surface area contributed by atoms with E-state index < -0.39 is 5.97 Å². The maximum Gasteiger partial charge on any atom is 0.319 e. The lowest BCUT2D eigenvalue weighted by Gasteiger charge is -2.07. The number of aliphatic carboxylic acids is 1. The predicted octanol–water partition coefficient (Wildman–Crippen LogP) is 2.23. The van der Waals surface area contributed by atoms with Gasteiger partial charge in [-0.15, -0.1) is 0 Å². The summed E-state index contributed by atoms with van der Waals surface area (Å²) in [4.78, 5) is 22.2. The number of carboxylic acid groups (broad SMARTS) is 1. The summed E-state index contributed by atoms with van der Waals surface area (Å²) < 4.78 is 0. The lowest BCUT2D eigenvalue weighted by Crippen LogP contribution is -2.31. The van der Waals surface area contributed by atoms with Crippen LogP contribution in [0.5, 0.6) is 0 Å². The van der Waals surface area contributed by atoms with Crippen LogP contribution in [0.15, 0.2) is 24.3 Å². The van der Waals surface area contributed by atoms with Gasteiger partial charge in [0.15, 0.2) is 0 Å². The molecule has 0 aliphatic heterocycles. The van der Waals surface area contributed by atoms with Crippen LogP contribution in [0.25, 0.3) is 0 Å². The minimum Gasteiger partial charge on any atom is -0.481 e. The number of carbonyl (C=O) groups excluding carboxylic acids is 1. The number of hydrogen-bond acceptors (Lipinski definition) is 2. The monoisotopic (exact) mass is 262 g/mol. The molecule has 2 atom stereocenters. The van der Waals surface area contributed by atoms with Gasteiger partial charge < -0.3 is 15.7 Å². The molecule has 1 saturated carbocycles. The van der Waals surface area contributed by atoms with E-state index in [0.29, 0.717) is 23.2 Å². The van der Waals surface area contributed by atoms with E-state index in [1.54, 1.807) is 24.3 Å². The molecule has 2 amide bonds. The molecule has 0 spiro atoms. The fraction of sp³-hybridized carbons (Fsp3) is 0.429. The first-order valence-corrected chi connectivity index (χ1v) is 6.46. The molecule has 1 aliphatic carbocycles. The lowest BCUT2D eigenvalue weighted by atomic mass is 10.1. The Morgan fingerprint density at radius 1 is 1.32 bits per heavy atom. The zero-order valence-corrected chi connectivity index (χ0v) is 10.8. The number of amides is 2. The molecule has 1 aliphatic rings. The zero-order chi connectivity index (χ0) is 13.8. The molecular formula is C14H18N2O3. The molecule has 102 valence electrons. The molecular weight excluding hydrogens is 244 g/mol. The van der Waals surface area contributed by atoms with Gasteiger partial charge in [0, 0.05) is 11.7 Å². The molecule has 1 aromatic rings. The van der Waals surface area contributed by atoms with Crippen molar-refractivity contribution < 1.29 is 14.7 Å². The maximum absolute atomic E-state index is 11.7. The Morgan fingerprint density at radius 3 is 2.53 bits per heavy atom. The van der Waals surface area contributed by atoms with E-state index in [-0.39, 0.29) is 12.5 Å². The van der Waals surface area contributed by atoms with Crippen molar-refractivity contribution in [3.8, 4) is 0 Å². The quantitative estimate of drug-likeness (QED) is 0.761. The second kappa shape index (κ2) is 5.73. The summed E-state index contributed by atoms with van der Waals surface area (Å²) in [5, 5.41) is 14.3. The predicted molar refractivity (Wildman–Crippen MR) is 72.1 cm³/mol. The van der Waals surface area contributed by atoms with E-state index in [1.807, 2.05) is 0 Å². The van der Waals surface area contributed by atoms with Crippen LogP contribution in [0.2, 0.25) is 0 Å². The minimum absolute atomic E-state index is 0.00721. The molecule has 5 nitrogen and oxygen atoms in total. The first kappa shape index (κ1) is 13.4. The van der Waals surface area contributed by atoms with Crippen molar-refractivity contribution in [1.29, 1.82) is 0 Å². The average molecular weight is 262 g/mol. The first-order valence-electron chi connectivity index (χ1n) is 6.46. The summed E-state index contributed by atoms with van der Waals surface area (Å²) >= 11 is 0. The van der Waals surface area contributed by atoms with Gasteiger partial charge in [0.2, 0.25) is 0 Å². The fourth-order valence-corrected chi connectivity index (χ4v) is 2.09. The van der Waals surface area contributed by atoms with E-state index in [9.17, 15) is 9.59 Å². The number of urea groups is 1. The Morgan fingerprint density at radius 2 is 2.00 bits per heavy atom. The third kappa shape index (κ3) is 3.98. The van der Waals surface area contributed by atoms with Crippen molar-refractivity contribution in [2.75, 3.05) is 5.32 Å². The maximum atomic E-state index is 11.7. The molecule has 2 rings (SSSR count). The van der Waals surface area contributed by atoms with Gasteiger partial charge in [-0.2, -0.15) is 0 Å². The van der Waals surface area contributed by atoms with Crippen molar-refractivity contribution in [3.63, 3.8) is 0 Å². The van der Waals surface area contributed by atoms with E-state index >= 15 is 0 Å². The molecule has 1 aromatic carbocycles. The second-order valence-electron chi connectivity index (χ2n) is 4.88. The molecule has 0 saturated heterocycles. The molecule has 19 heavy (non-hydrogen) atoms. The van der Waals surface area contributed by atoms with Crippen LogP contribution >= 0.6 is 0 Å². The topological polar surface area (TPSA) is 78.4 Å². The largest absolute Gasteiger partial charge is 0.481 e. The van der Waals surface area contributed by atoms with Gasteiger partial charge in [-0.3, -0.25) is 4.79 Å². The van der Waals surface area contributed by atoms with Gasteiger partial charge in [-0.05, 0) is 30.0 Å². The zero-order valence-electron chi connectivity index (χ0n) is 10.8. The Labute approximate surface area is 112 Å². The van der Waals surface area contributed by atoms with Crippen LogP contribution in [0.3, 0.4) is 0 Å². The number of carboxylic acids is 1. The molecule has 5 heteroatoms. The second-order valence-corrected chi connectivity index (χ2v) is 4.88. The molecule has 0 aromatic heterocycles. The Bertz CT molecular complexity index is 470. The number of carbonyl (C=O) groups is 2. The van der Waals surface area contributed by atoms with Crippen LogP contribution in [0, 0.1) is 5.92 Å². The van der Waals surface area contributed by atoms with Crippen molar-refractivity contribution in [2.24, 2.45) is 5.92 Å². The highest BCUT2D eigenvalue weighted by atomic mass is 16.4. The summed E-state index contributed by atoms with van der Waals surface area (Å²) in [6, 6.07) is 6.93. The van der Waals surface area contributed by atoms with Crippen LogP contribution in [0.1, 0.15) is 25.3 Å². The van der Waals surface area contributed by atoms with Gasteiger partial charge in [0.05, 0.1) is 6.42 Å². The number of rotatable bonds is 5.